The molecule has 0 spiro atoms. The van der Waals surface area contributed by atoms with E-state index in [1.54, 1.807) is 0 Å². The van der Waals surface area contributed by atoms with Crippen molar-refractivity contribution in [2.45, 2.75) is 64.6 Å². The van der Waals surface area contributed by atoms with Crippen LogP contribution in [0, 0.1) is 11.8 Å². The molecule has 0 aromatic carbocycles. The van der Waals surface area contributed by atoms with E-state index in [9.17, 15) is 4.79 Å². The topological polar surface area (TPSA) is 63.1 Å². The maximum atomic E-state index is 12.3. The monoisotopic (exact) mass is 317 g/mol. The molecule has 6 nitrogen and oxygen atoms in total. The summed E-state index contributed by atoms with van der Waals surface area (Å²) in [5.74, 6) is 2.72. The highest BCUT2D eigenvalue weighted by molar-refractivity contribution is 5.90. The van der Waals surface area contributed by atoms with Crippen molar-refractivity contribution in [2.24, 2.45) is 11.8 Å². The van der Waals surface area contributed by atoms with Gasteiger partial charge in [0, 0.05) is 38.1 Å². The van der Waals surface area contributed by atoms with E-state index < -0.39 is 0 Å². The number of rotatable bonds is 3. The molecule has 1 aromatic heterocycles. The predicted octanol–water partition coefficient (Wildman–Crippen LogP) is 1.46. The molecule has 1 aromatic rings. The zero-order valence-electron chi connectivity index (χ0n) is 14.2. The van der Waals surface area contributed by atoms with Crippen LogP contribution in [0.1, 0.15) is 56.0 Å². The molecule has 23 heavy (non-hydrogen) atoms. The fraction of sp³-hybridized carbons (Fsp3) is 0.824. The fourth-order valence-corrected chi connectivity index (χ4v) is 4.62. The van der Waals surface area contributed by atoms with E-state index in [2.05, 4.69) is 25.0 Å². The largest absolute Gasteiger partial charge is 0.347 e. The molecule has 0 radical (unpaired) electrons. The Kier molecular flexibility index (Phi) is 3.87. The SMILES string of the molecule is CC(C)NC(=O)c1nnc2n1C[C@H]1CN(C3CCCC3)C[C@H]1C2. The molecule has 1 saturated carbocycles. The summed E-state index contributed by atoms with van der Waals surface area (Å²) in [6.45, 7) is 7.22. The second-order valence-corrected chi connectivity index (χ2v) is 7.80. The third-order valence-corrected chi connectivity index (χ3v) is 5.76. The minimum atomic E-state index is -0.0946. The first-order chi connectivity index (χ1) is 11.1. The first-order valence-corrected chi connectivity index (χ1v) is 9.09. The maximum Gasteiger partial charge on any atom is 0.289 e. The Labute approximate surface area is 137 Å². The van der Waals surface area contributed by atoms with Crippen molar-refractivity contribution in [1.82, 2.24) is 25.0 Å². The highest BCUT2D eigenvalue weighted by Crippen LogP contribution is 2.36. The van der Waals surface area contributed by atoms with Gasteiger partial charge in [-0.1, -0.05) is 12.8 Å². The third-order valence-electron chi connectivity index (χ3n) is 5.76. The number of fused-ring (bicyclic) bond motifs is 2. The zero-order chi connectivity index (χ0) is 16.0. The lowest BCUT2D eigenvalue weighted by molar-refractivity contribution is 0.0924. The first-order valence-electron chi connectivity index (χ1n) is 9.09. The number of amides is 1. The van der Waals surface area contributed by atoms with E-state index >= 15 is 0 Å². The van der Waals surface area contributed by atoms with E-state index in [0.717, 1.165) is 24.8 Å². The van der Waals surface area contributed by atoms with Crippen molar-refractivity contribution in [2.75, 3.05) is 13.1 Å². The molecule has 126 valence electrons. The molecule has 1 aliphatic carbocycles. The van der Waals surface area contributed by atoms with Crippen molar-refractivity contribution in [3.05, 3.63) is 11.6 Å². The number of nitrogens with zero attached hydrogens (tertiary/aromatic N) is 4. The van der Waals surface area contributed by atoms with Crippen LogP contribution in [-0.4, -0.2) is 50.7 Å². The maximum absolute atomic E-state index is 12.3. The summed E-state index contributed by atoms with van der Waals surface area (Å²) in [7, 11) is 0. The molecule has 0 unspecified atom stereocenters. The summed E-state index contributed by atoms with van der Waals surface area (Å²) in [6.07, 6.45) is 6.49. The van der Waals surface area contributed by atoms with Gasteiger partial charge in [0.25, 0.3) is 5.91 Å². The number of hydrogen-bond acceptors (Lipinski definition) is 4. The van der Waals surface area contributed by atoms with Gasteiger partial charge in [-0.05, 0) is 38.5 Å². The average molecular weight is 317 g/mol. The Bertz CT molecular complexity index is 590. The Hall–Kier alpha value is -1.43. The average Bonchev–Trinajstić information content (AvgIpc) is 3.22. The number of aromatic nitrogens is 3. The summed E-state index contributed by atoms with van der Waals surface area (Å²) in [6, 6.07) is 0.922. The van der Waals surface area contributed by atoms with E-state index in [0.29, 0.717) is 17.7 Å². The second-order valence-electron chi connectivity index (χ2n) is 7.80. The molecule has 6 heteroatoms. The molecule has 1 saturated heterocycles. The van der Waals surface area contributed by atoms with Crippen LogP contribution in [0.5, 0.6) is 0 Å². The van der Waals surface area contributed by atoms with Crippen LogP contribution in [0.25, 0.3) is 0 Å². The number of nitrogens with one attached hydrogen (secondary N) is 1. The van der Waals surface area contributed by atoms with Gasteiger partial charge in [0.1, 0.15) is 5.82 Å². The van der Waals surface area contributed by atoms with Crippen LogP contribution < -0.4 is 5.32 Å². The van der Waals surface area contributed by atoms with Gasteiger partial charge < -0.3 is 9.88 Å². The molecule has 3 heterocycles. The minimum Gasteiger partial charge on any atom is -0.347 e. The number of carbonyl (C=O) groups excluding carboxylic acids is 1. The van der Waals surface area contributed by atoms with Crippen molar-refractivity contribution < 1.29 is 4.79 Å². The lowest BCUT2D eigenvalue weighted by atomic mass is 9.89. The summed E-state index contributed by atoms with van der Waals surface area (Å²) < 4.78 is 2.07. The molecule has 1 amide bonds. The molecule has 1 N–H and O–H groups in total. The van der Waals surface area contributed by atoms with Crippen LogP contribution in [0.15, 0.2) is 0 Å². The van der Waals surface area contributed by atoms with Crippen molar-refractivity contribution >= 4 is 5.91 Å². The van der Waals surface area contributed by atoms with E-state index in [1.807, 2.05) is 13.8 Å². The van der Waals surface area contributed by atoms with Gasteiger partial charge in [0.15, 0.2) is 0 Å². The van der Waals surface area contributed by atoms with Gasteiger partial charge >= 0.3 is 0 Å². The Morgan fingerprint density at radius 2 is 1.87 bits per heavy atom. The summed E-state index contributed by atoms with van der Waals surface area (Å²) in [5, 5.41) is 11.4. The highest BCUT2D eigenvalue weighted by Gasteiger charge is 2.41. The summed E-state index contributed by atoms with van der Waals surface area (Å²) in [4.78, 5) is 15.0. The summed E-state index contributed by atoms with van der Waals surface area (Å²) in [5.41, 5.74) is 0. The molecular formula is C17H27N5O. The Morgan fingerprint density at radius 1 is 1.13 bits per heavy atom. The van der Waals surface area contributed by atoms with Gasteiger partial charge in [-0.15, -0.1) is 10.2 Å². The van der Waals surface area contributed by atoms with Crippen LogP contribution in [0.3, 0.4) is 0 Å². The number of carbonyl (C=O) groups is 1. The standard InChI is InChI=1S/C17H27N5O/c1-11(2)18-17(23)16-20-19-15-7-12-8-21(14-5-3-4-6-14)9-13(12)10-22(15)16/h11-14H,3-10H2,1-2H3,(H,18,23)/t12-,13-/m1/s1. The molecule has 0 bridgehead atoms. The molecule has 4 rings (SSSR count). The van der Waals surface area contributed by atoms with E-state index in [1.165, 1.54) is 38.8 Å². The second kappa shape index (κ2) is 5.89. The van der Waals surface area contributed by atoms with E-state index in [4.69, 9.17) is 0 Å². The van der Waals surface area contributed by atoms with E-state index in [-0.39, 0.29) is 11.9 Å². The van der Waals surface area contributed by atoms with Crippen molar-refractivity contribution in [1.29, 1.82) is 0 Å². The lowest BCUT2D eigenvalue weighted by Gasteiger charge is -2.25. The molecule has 2 atom stereocenters. The van der Waals surface area contributed by atoms with Crippen LogP contribution in [0.2, 0.25) is 0 Å². The van der Waals surface area contributed by atoms with Crippen LogP contribution in [-0.2, 0) is 13.0 Å². The third kappa shape index (κ3) is 2.77. The van der Waals surface area contributed by atoms with Gasteiger partial charge in [-0.25, -0.2) is 0 Å². The zero-order valence-corrected chi connectivity index (χ0v) is 14.2. The van der Waals surface area contributed by atoms with Crippen molar-refractivity contribution in [3.8, 4) is 0 Å². The highest BCUT2D eigenvalue weighted by atomic mass is 16.2. The van der Waals surface area contributed by atoms with Gasteiger partial charge in [-0.2, -0.15) is 0 Å². The minimum absolute atomic E-state index is 0.0946. The smallest absolute Gasteiger partial charge is 0.289 e. The Balaban J connectivity index is 1.49. The summed E-state index contributed by atoms with van der Waals surface area (Å²) >= 11 is 0. The quantitative estimate of drug-likeness (QED) is 0.917. The van der Waals surface area contributed by atoms with Crippen LogP contribution in [0.4, 0.5) is 0 Å². The normalized spacial score (nSPS) is 28.1. The van der Waals surface area contributed by atoms with Gasteiger partial charge in [-0.3, -0.25) is 9.69 Å². The fourth-order valence-electron chi connectivity index (χ4n) is 4.62. The van der Waals surface area contributed by atoms with Crippen molar-refractivity contribution in [3.63, 3.8) is 0 Å². The van der Waals surface area contributed by atoms with Gasteiger partial charge in [0.05, 0.1) is 0 Å². The van der Waals surface area contributed by atoms with Crippen LogP contribution >= 0.6 is 0 Å². The molecular weight excluding hydrogens is 290 g/mol. The first kappa shape index (κ1) is 15.1. The molecule has 3 aliphatic rings. The lowest BCUT2D eigenvalue weighted by Crippen LogP contribution is -2.35. The molecule has 2 aliphatic heterocycles. The number of hydrogen-bond donors (Lipinski definition) is 1. The number of likely N-dealkylation sites (tertiary alicyclic amines) is 1. The Morgan fingerprint density at radius 3 is 2.61 bits per heavy atom. The molecule has 2 fully saturated rings. The van der Waals surface area contributed by atoms with Gasteiger partial charge in [0.2, 0.25) is 5.82 Å². The predicted molar refractivity (Wildman–Crippen MR) is 87.1 cm³/mol.